The van der Waals surface area contributed by atoms with E-state index in [4.69, 9.17) is 10.7 Å². The molecule has 0 atom stereocenters. The van der Waals surface area contributed by atoms with Gasteiger partial charge < -0.3 is 0 Å². The van der Waals surface area contributed by atoms with Crippen molar-refractivity contribution in [3.63, 3.8) is 0 Å². The Morgan fingerprint density at radius 2 is 1.89 bits per heavy atom. The summed E-state index contributed by atoms with van der Waals surface area (Å²) in [6.07, 6.45) is 0. The topological polar surface area (TPSA) is 34.1 Å². The summed E-state index contributed by atoms with van der Waals surface area (Å²) in [5.41, 5.74) is 4.20. The second-order valence-electron chi connectivity index (χ2n) is 5.26. The van der Waals surface area contributed by atoms with E-state index in [0.717, 1.165) is 15.6 Å². The van der Waals surface area contributed by atoms with Crippen LogP contribution < -0.4 is 0 Å². The van der Waals surface area contributed by atoms with E-state index < -0.39 is 17.1 Å². The van der Waals surface area contributed by atoms with Gasteiger partial charge in [0.05, 0.1) is 0 Å². The number of hydrogen-bond acceptors (Lipinski definition) is 3. The van der Waals surface area contributed by atoms with Gasteiger partial charge in [-0.25, -0.2) is 8.42 Å². The minimum Gasteiger partial charge on any atom is -0.206 e. The molecule has 1 heterocycles. The van der Waals surface area contributed by atoms with Gasteiger partial charge in [0.15, 0.2) is 0 Å². The zero-order valence-electron chi connectivity index (χ0n) is 10.8. The third-order valence-electron chi connectivity index (χ3n) is 2.32. The Labute approximate surface area is 122 Å². The largest absolute Gasteiger partial charge is 0.270 e. The summed E-state index contributed by atoms with van der Waals surface area (Å²) in [4.78, 5) is 0. The number of rotatable bonds is 1. The molecule has 2 aromatic rings. The van der Waals surface area contributed by atoms with E-state index in [-0.39, 0.29) is 4.21 Å². The zero-order chi connectivity index (χ0) is 14.3. The molecule has 1 aromatic carbocycles. The van der Waals surface area contributed by atoms with Gasteiger partial charge in [-0.05, 0) is 23.6 Å². The van der Waals surface area contributed by atoms with E-state index in [1.165, 1.54) is 11.3 Å². The summed E-state index contributed by atoms with van der Waals surface area (Å²) in [7, 11) is 0.293. The molecule has 0 fully saturated rings. The highest BCUT2D eigenvalue weighted by molar-refractivity contribution is 8.15. The van der Waals surface area contributed by atoms with Crippen molar-refractivity contribution in [3.8, 4) is 11.5 Å². The van der Waals surface area contributed by atoms with Crippen LogP contribution in [0.25, 0.3) is 10.1 Å². The van der Waals surface area contributed by atoms with Crippen LogP contribution in [0, 0.1) is 11.5 Å². The van der Waals surface area contributed by atoms with E-state index >= 15 is 0 Å². The Hall–Kier alpha value is -0.803. The number of halogens is 1. The number of benzene rings is 1. The summed E-state index contributed by atoms with van der Waals surface area (Å²) in [6, 6.07) is 7.30. The van der Waals surface area contributed by atoms with Crippen LogP contribution in [0.1, 0.15) is 5.56 Å². The molecule has 6 heteroatoms. The van der Waals surface area contributed by atoms with Gasteiger partial charge in [-0.15, -0.1) is 16.9 Å². The van der Waals surface area contributed by atoms with E-state index in [2.05, 4.69) is 31.1 Å². The third-order valence-corrected chi connectivity index (χ3v) is 6.37. The van der Waals surface area contributed by atoms with Crippen LogP contribution in [0.2, 0.25) is 19.6 Å². The molecule has 19 heavy (non-hydrogen) atoms. The highest BCUT2D eigenvalue weighted by Crippen LogP contribution is 2.31. The first-order chi connectivity index (χ1) is 8.65. The first-order valence-corrected chi connectivity index (χ1v) is 12.3. The molecular formula is C13H13ClO2S2Si. The van der Waals surface area contributed by atoms with Crippen molar-refractivity contribution >= 4 is 49.2 Å². The number of hydrogen-bond donors (Lipinski definition) is 0. The van der Waals surface area contributed by atoms with Gasteiger partial charge in [0, 0.05) is 20.9 Å². The maximum atomic E-state index is 11.3. The molecule has 0 aliphatic heterocycles. The van der Waals surface area contributed by atoms with Gasteiger partial charge >= 0.3 is 0 Å². The maximum absolute atomic E-state index is 11.3. The fraction of sp³-hybridized carbons (Fsp3) is 0.231. The zero-order valence-corrected chi connectivity index (χ0v) is 14.2. The Morgan fingerprint density at radius 3 is 2.47 bits per heavy atom. The first kappa shape index (κ1) is 14.6. The lowest BCUT2D eigenvalue weighted by Gasteiger charge is -2.03. The molecule has 0 spiro atoms. The van der Waals surface area contributed by atoms with E-state index in [0.29, 0.717) is 0 Å². The predicted molar refractivity (Wildman–Crippen MR) is 85.1 cm³/mol. The van der Waals surface area contributed by atoms with Crippen molar-refractivity contribution in [2.24, 2.45) is 0 Å². The number of thiophene rings is 1. The van der Waals surface area contributed by atoms with Gasteiger partial charge in [0.25, 0.3) is 9.05 Å². The molecule has 1 aromatic heterocycles. The summed E-state index contributed by atoms with van der Waals surface area (Å²) in [5.74, 6) is 3.16. The molecule has 2 rings (SSSR count). The fourth-order valence-corrected chi connectivity index (χ4v) is 4.17. The minimum absolute atomic E-state index is 0.180. The van der Waals surface area contributed by atoms with E-state index in [1.54, 1.807) is 6.07 Å². The smallest absolute Gasteiger partial charge is 0.206 e. The van der Waals surface area contributed by atoms with Crippen LogP contribution in [0.5, 0.6) is 0 Å². The van der Waals surface area contributed by atoms with Crippen LogP contribution in [0.15, 0.2) is 28.5 Å². The van der Waals surface area contributed by atoms with E-state index in [9.17, 15) is 8.42 Å². The lowest BCUT2D eigenvalue weighted by atomic mass is 10.2. The molecule has 0 saturated heterocycles. The lowest BCUT2D eigenvalue weighted by molar-refractivity contribution is 0.611. The second kappa shape index (κ2) is 4.95. The quantitative estimate of drug-likeness (QED) is 0.449. The average molecular weight is 329 g/mol. The predicted octanol–water partition coefficient (Wildman–Crippen LogP) is 4.06. The van der Waals surface area contributed by atoms with Gasteiger partial charge in [0.2, 0.25) is 0 Å². The molecule has 2 nitrogen and oxygen atoms in total. The van der Waals surface area contributed by atoms with Crippen molar-refractivity contribution in [2.75, 3.05) is 0 Å². The van der Waals surface area contributed by atoms with Gasteiger partial charge in [-0.3, -0.25) is 0 Å². The molecule has 0 bridgehead atoms. The van der Waals surface area contributed by atoms with Crippen LogP contribution in [0.4, 0.5) is 0 Å². The van der Waals surface area contributed by atoms with E-state index in [1.807, 2.05) is 18.2 Å². The Bertz CT molecular complexity index is 789. The summed E-state index contributed by atoms with van der Waals surface area (Å²) >= 11 is 1.18. The van der Waals surface area contributed by atoms with Gasteiger partial charge in [0.1, 0.15) is 12.3 Å². The van der Waals surface area contributed by atoms with Crippen LogP contribution in [0.3, 0.4) is 0 Å². The number of fused-ring (bicyclic) bond motifs is 1. The summed E-state index contributed by atoms with van der Waals surface area (Å²) < 4.78 is 23.7. The molecule has 0 unspecified atom stereocenters. The Morgan fingerprint density at radius 1 is 1.21 bits per heavy atom. The van der Waals surface area contributed by atoms with Crippen molar-refractivity contribution in [1.29, 1.82) is 0 Å². The monoisotopic (exact) mass is 328 g/mol. The fourth-order valence-electron chi connectivity index (χ4n) is 1.46. The normalized spacial score (nSPS) is 12.2. The highest BCUT2D eigenvalue weighted by Gasteiger charge is 2.14. The molecule has 0 aliphatic rings. The van der Waals surface area contributed by atoms with Crippen LogP contribution in [-0.4, -0.2) is 16.5 Å². The first-order valence-electron chi connectivity index (χ1n) is 5.67. The molecule has 0 N–H and O–H groups in total. The molecule has 0 radical (unpaired) electrons. The molecule has 0 amide bonds. The third kappa shape index (κ3) is 3.83. The molecular weight excluding hydrogens is 316 g/mol. The highest BCUT2D eigenvalue weighted by atomic mass is 35.7. The van der Waals surface area contributed by atoms with Crippen molar-refractivity contribution in [1.82, 2.24) is 0 Å². The van der Waals surface area contributed by atoms with Crippen molar-refractivity contribution < 1.29 is 8.42 Å². The average Bonchev–Trinajstić information content (AvgIpc) is 2.67. The lowest BCUT2D eigenvalue weighted by Crippen LogP contribution is -2.16. The van der Waals surface area contributed by atoms with Crippen LogP contribution >= 0.6 is 22.0 Å². The Kier molecular flexibility index (Phi) is 3.80. The second-order valence-corrected chi connectivity index (χ2v) is 13.9. The van der Waals surface area contributed by atoms with Crippen LogP contribution in [-0.2, 0) is 9.05 Å². The molecule has 0 aliphatic carbocycles. The molecule has 0 saturated carbocycles. The summed E-state index contributed by atoms with van der Waals surface area (Å²) in [5, 5.41) is 0.878. The minimum atomic E-state index is -3.65. The summed E-state index contributed by atoms with van der Waals surface area (Å²) in [6.45, 7) is 6.55. The SMILES string of the molecule is C[Si](C)(C)C#Cc1ccc2cc(S(=O)(=O)Cl)sc2c1. The van der Waals surface area contributed by atoms with Gasteiger partial charge in [-0.1, -0.05) is 31.6 Å². The van der Waals surface area contributed by atoms with Crippen molar-refractivity contribution in [2.45, 2.75) is 23.9 Å². The van der Waals surface area contributed by atoms with Gasteiger partial charge in [-0.2, -0.15) is 0 Å². The standard InChI is InChI=1S/C13H13ClO2S2Si/c1-19(2,3)7-6-10-4-5-11-9-13(18(14,15)16)17-12(11)8-10/h4-5,8-9H,1-3H3. The molecule has 100 valence electrons. The maximum Gasteiger partial charge on any atom is 0.270 e. The van der Waals surface area contributed by atoms with Crippen molar-refractivity contribution in [3.05, 3.63) is 29.8 Å². The Balaban J connectivity index is 2.49.